The van der Waals surface area contributed by atoms with Crippen LogP contribution in [0.15, 0.2) is 78.9 Å². The number of likely N-dealkylation sites (N-methyl/N-ethyl adjacent to an activating group) is 1. The van der Waals surface area contributed by atoms with Crippen LogP contribution in [-0.4, -0.2) is 29.8 Å². The van der Waals surface area contributed by atoms with Crippen LogP contribution < -0.4 is 5.32 Å². The van der Waals surface area contributed by atoms with Crippen molar-refractivity contribution in [1.29, 1.82) is 0 Å². The van der Waals surface area contributed by atoms with Crippen molar-refractivity contribution in [1.82, 2.24) is 10.2 Å². The van der Waals surface area contributed by atoms with E-state index in [9.17, 15) is 9.59 Å². The minimum Gasteiger partial charge on any atom is -0.357 e. The van der Waals surface area contributed by atoms with Gasteiger partial charge in [-0.15, -0.1) is 0 Å². The van der Waals surface area contributed by atoms with Crippen LogP contribution in [0.2, 0.25) is 10.0 Å². The lowest BCUT2D eigenvalue weighted by Gasteiger charge is -2.31. The second-order valence-electron chi connectivity index (χ2n) is 7.24. The molecule has 0 aliphatic carbocycles. The third-order valence-corrected chi connectivity index (χ3v) is 5.66. The molecule has 0 bridgehead atoms. The maximum Gasteiger partial charge on any atom is 0.242 e. The summed E-state index contributed by atoms with van der Waals surface area (Å²) < 4.78 is 0. The number of nitrogens with one attached hydrogen (secondary N) is 1. The first kappa shape index (κ1) is 22.9. The Hall–Kier alpha value is -2.82. The van der Waals surface area contributed by atoms with Gasteiger partial charge in [0.05, 0.1) is 6.42 Å². The van der Waals surface area contributed by atoms with Crippen LogP contribution in [0.5, 0.6) is 0 Å². The molecule has 3 aromatic carbocycles. The van der Waals surface area contributed by atoms with Gasteiger partial charge >= 0.3 is 0 Å². The van der Waals surface area contributed by atoms with E-state index in [1.165, 1.54) is 0 Å². The van der Waals surface area contributed by atoms with E-state index >= 15 is 0 Å². The minimum absolute atomic E-state index is 0.132. The zero-order chi connectivity index (χ0) is 22.2. The molecule has 1 N–H and O–H groups in total. The zero-order valence-electron chi connectivity index (χ0n) is 17.2. The van der Waals surface area contributed by atoms with Crippen LogP contribution >= 0.6 is 23.2 Å². The number of carbonyl (C=O) groups excluding carboxylic acids is 2. The molecular formula is C25H24Cl2N2O2. The summed E-state index contributed by atoms with van der Waals surface area (Å²) in [6.45, 7) is 0.226. The van der Waals surface area contributed by atoms with Crippen molar-refractivity contribution in [3.05, 3.63) is 106 Å². The molecule has 0 aliphatic rings. The molecule has 4 nitrogen and oxygen atoms in total. The van der Waals surface area contributed by atoms with Crippen molar-refractivity contribution in [2.45, 2.75) is 25.4 Å². The number of amides is 2. The quantitative estimate of drug-likeness (QED) is 0.524. The van der Waals surface area contributed by atoms with Gasteiger partial charge in [-0.1, -0.05) is 83.9 Å². The topological polar surface area (TPSA) is 49.4 Å². The molecule has 1 atom stereocenters. The maximum absolute atomic E-state index is 13.5. The highest BCUT2D eigenvalue weighted by atomic mass is 35.5. The molecule has 31 heavy (non-hydrogen) atoms. The van der Waals surface area contributed by atoms with E-state index in [0.29, 0.717) is 16.5 Å². The molecule has 0 fully saturated rings. The van der Waals surface area contributed by atoms with Crippen molar-refractivity contribution in [2.24, 2.45) is 0 Å². The van der Waals surface area contributed by atoms with Crippen LogP contribution in [0.1, 0.15) is 16.7 Å². The van der Waals surface area contributed by atoms with Gasteiger partial charge in [0.15, 0.2) is 0 Å². The van der Waals surface area contributed by atoms with Crippen molar-refractivity contribution < 1.29 is 9.59 Å². The molecule has 160 valence electrons. The molecule has 0 aromatic heterocycles. The van der Waals surface area contributed by atoms with Gasteiger partial charge in [-0.2, -0.15) is 0 Å². The van der Waals surface area contributed by atoms with Crippen molar-refractivity contribution in [3.63, 3.8) is 0 Å². The van der Waals surface area contributed by atoms with Crippen molar-refractivity contribution in [2.75, 3.05) is 7.05 Å². The lowest BCUT2D eigenvalue weighted by atomic mass is 10.0. The highest BCUT2D eigenvalue weighted by Crippen LogP contribution is 2.21. The first-order chi connectivity index (χ1) is 15.0. The predicted molar refractivity (Wildman–Crippen MR) is 125 cm³/mol. The van der Waals surface area contributed by atoms with Gasteiger partial charge in [0, 0.05) is 30.1 Å². The molecule has 0 heterocycles. The molecule has 0 saturated heterocycles. The fraction of sp³-hybridized carbons (Fsp3) is 0.200. The number of carbonyl (C=O) groups is 2. The van der Waals surface area contributed by atoms with Crippen molar-refractivity contribution >= 4 is 35.0 Å². The zero-order valence-corrected chi connectivity index (χ0v) is 18.7. The SMILES string of the molecule is CNC(=O)[C@@H](Cc1ccccc1)N(Cc1ccccc1Cl)C(=O)Cc1cccc(Cl)c1. The van der Waals surface area contributed by atoms with Gasteiger partial charge in [-0.3, -0.25) is 9.59 Å². The molecule has 3 rings (SSSR count). The monoisotopic (exact) mass is 454 g/mol. The Bertz CT molecular complexity index is 1040. The summed E-state index contributed by atoms with van der Waals surface area (Å²) >= 11 is 12.5. The molecule has 0 saturated carbocycles. The highest BCUT2D eigenvalue weighted by molar-refractivity contribution is 6.31. The summed E-state index contributed by atoms with van der Waals surface area (Å²) in [6.07, 6.45) is 0.527. The summed E-state index contributed by atoms with van der Waals surface area (Å²) in [7, 11) is 1.58. The van der Waals surface area contributed by atoms with Crippen LogP contribution in [0.25, 0.3) is 0 Å². The number of halogens is 2. The molecule has 6 heteroatoms. The number of benzene rings is 3. The molecule has 2 amide bonds. The van der Waals surface area contributed by atoms with E-state index in [1.807, 2.05) is 60.7 Å². The summed E-state index contributed by atoms with van der Waals surface area (Å²) in [5.74, 6) is -0.401. The fourth-order valence-corrected chi connectivity index (χ4v) is 3.86. The first-order valence-electron chi connectivity index (χ1n) is 10.0. The summed E-state index contributed by atoms with van der Waals surface area (Å²) in [5, 5.41) is 3.83. The molecule has 0 unspecified atom stereocenters. The highest BCUT2D eigenvalue weighted by Gasteiger charge is 2.30. The number of hydrogen-bond acceptors (Lipinski definition) is 2. The van der Waals surface area contributed by atoms with Gasteiger partial charge in [-0.25, -0.2) is 0 Å². The van der Waals surface area contributed by atoms with E-state index < -0.39 is 6.04 Å². The van der Waals surface area contributed by atoms with Crippen molar-refractivity contribution in [3.8, 4) is 0 Å². The number of hydrogen-bond donors (Lipinski definition) is 1. The Morgan fingerprint density at radius 3 is 2.26 bits per heavy atom. The molecule has 0 radical (unpaired) electrons. The smallest absolute Gasteiger partial charge is 0.242 e. The van der Waals surface area contributed by atoms with E-state index in [-0.39, 0.29) is 24.8 Å². The Kier molecular flexibility index (Phi) is 8.10. The Morgan fingerprint density at radius 2 is 1.58 bits per heavy atom. The maximum atomic E-state index is 13.5. The molecule has 0 spiro atoms. The second kappa shape index (κ2) is 11.0. The average Bonchev–Trinajstić information content (AvgIpc) is 2.77. The Balaban J connectivity index is 1.95. The Morgan fingerprint density at radius 1 is 0.903 bits per heavy atom. The summed E-state index contributed by atoms with van der Waals surface area (Å²) in [5.41, 5.74) is 2.54. The average molecular weight is 455 g/mol. The number of nitrogens with zero attached hydrogens (tertiary/aromatic N) is 1. The van der Waals surface area contributed by atoms with Crippen LogP contribution in [0.3, 0.4) is 0 Å². The normalized spacial score (nSPS) is 11.6. The van der Waals surface area contributed by atoms with E-state index in [1.54, 1.807) is 30.1 Å². The molecule has 0 aliphatic heterocycles. The van der Waals surface area contributed by atoms with Crippen LogP contribution in [-0.2, 0) is 29.0 Å². The van der Waals surface area contributed by atoms with E-state index in [0.717, 1.165) is 16.7 Å². The molecule has 3 aromatic rings. The van der Waals surface area contributed by atoms with Crippen LogP contribution in [0.4, 0.5) is 0 Å². The lowest BCUT2D eigenvalue weighted by molar-refractivity contribution is -0.140. The van der Waals surface area contributed by atoms with Crippen LogP contribution in [0, 0.1) is 0 Å². The first-order valence-corrected chi connectivity index (χ1v) is 10.8. The summed E-state index contributed by atoms with van der Waals surface area (Å²) in [6, 6.07) is 23.5. The standard InChI is InChI=1S/C25H24Cl2N2O2/c1-28-25(31)23(15-18-8-3-2-4-9-18)29(17-20-11-5-6-13-22(20)27)24(30)16-19-10-7-12-21(26)14-19/h2-14,23H,15-17H2,1H3,(H,28,31)/t23-/m1/s1. The summed E-state index contributed by atoms with van der Waals surface area (Å²) in [4.78, 5) is 27.9. The lowest BCUT2D eigenvalue weighted by Crippen LogP contribution is -2.50. The van der Waals surface area contributed by atoms with E-state index in [2.05, 4.69) is 5.32 Å². The third kappa shape index (κ3) is 6.33. The third-order valence-electron chi connectivity index (χ3n) is 5.06. The Labute approximate surface area is 192 Å². The van der Waals surface area contributed by atoms with Gasteiger partial charge in [0.25, 0.3) is 0 Å². The minimum atomic E-state index is -0.685. The van der Waals surface area contributed by atoms with E-state index in [4.69, 9.17) is 23.2 Å². The van der Waals surface area contributed by atoms with Gasteiger partial charge in [-0.05, 0) is 34.9 Å². The fourth-order valence-electron chi connectivity index (χ4n) is 3.45. The number of rotatable bonds is 8. The van der Waals surface area contributed by atoms with Gasteiger partial charge in [0.1, 0.15) is 6.04 Å². The van der Waals surface area contributed by atoms with Gasteiger partial charge < -0.3 is 10.2 Å². The molecular weight excluding hydrogens is 431 g/mol. The predicted octanol–water partition coefficient (Wildman–Crippen LogP) is 4.92. The second-order valence-corrected chi connectivity index (χ2v) is 8.08. The largest absolute Gasteiger partial charge is 0.357 e. The van der Waals surface area contributed by atoms with Gasteiger partial charge in [0.2, 0.25) is 11.8 Å².